The van der Waals surface area contributed by atoms with E-state index in [-0.39, 0.29) is 17.9 Å². The van der Waals surface area contributed by atoms with E-state index in [0.29, 0.717) is 0 Å². The van der Waals surface area contributed by atoms with Crippen LogP contribution in [0, 0.1) is 5.82 Å². The molecule has 5 heteroatoms. The van der Waals surface area contributed by atoms with Gasteiger partial charge in [0.05, 0.1) is 6.42 Å². The zero-order valence-corrected chi connectivity index (χ0v) is 13.9. The first-order chi connectivity index (χ1) is 12.6. The van der Waals surface area contributed by atoms with Crippen molar-refractivity contribution in [2.45, 2.75) is 6.42 Å². The monoisotopic (exact) mass is 348 g/mol. The van der Waals surface area contributed by atoms with Crippen LogP contribution < -0.4 is 10.9 Å². The van der Waals surface area contributed by atoms with Crippen molar-refractivity contribution >= 4 is 11.8 Å². The number of halogens is 1. The van der Waals surface area contributed by atoms with Gasteiger partial charge in [-0.3, -0.25) is 20.4 Å². The third-order valence-corrected chi connectivity index (χ3v) is 3.85. The summed E-state index contributed by atoms with van der Waals surface area (Å²) < 4.78 is 12.8. The number of amides is 2. The number of carbonyl (C=O) groups excluding carboxylic acids is 2. The van der Waals surface area contributed by atoms with Crippen LogP contribution in [0.25, 0.3) is 11.1 Å². The maximum atomic E-state index is 12.8. The molecular weight excluding hydrogens is 331 g/mol. The van der Waals surface area contributed by atoms with E-state index in [1.54, 1.807) is 0 Å². The Kier molecular flexibility index (Phi) is 5.39. The van der Waals surface area contributed by atoms with Gasteiger partial charge in [-0.15, -0.1) is 0 Å². The fourth-order valence-corrected chi connectivity index (χ4v) is 2.48. The summed E-state index contributed by atoms with van der Waals surface area (Å²) in [6.45, 7) is 0. The molecule has 0 radical (unpaired) electrons. The Morgan fingerprint density at radius 1 is 0.731 bits per heavy atom. The predicted molar refractivity (Wildman–Crippen MR) is 97.6 cm³/mol. The van der Waals surface area contributed by atoms with E-state index in [1.807, 2.05) is 54.6 Å². The SMILES string of the molecule is O=C(Cc1ccc(-c2ccccc2)cc1)NNC(=O)c1ccc(F)cc1. The predicted octanol–water partition coefficient (Wildman–Crippen LogP) is 3.50. The molecule has 0 aliphatic carbocycles. The van der Waals surface area contributed by atoms with E-state index in [9.17, 15) is 14.0 Å². The third-order valence-electron chi connectivity index (χ3n) is 3.85. The molecule has 3 aromatic rings. The van der Waals surface area contributed by atoms with E-state index < -0.39 is 11.7 Å². The molecule has 0 saturated heterocycles. The lowest BCUT2D eigenvalue weighted by atomic mass is 10.0. The summed E-state index contributed by atoms with van der Waals surface area (Å²) in [6, 6.07) is 22.7. The molecule has 2 N–H and O–H groups in total. The lowest BCUT2D eigenvalue weighted by Crippen LogP contribution is -2.42. The molecule has 0 bridgehead atoms. The molecule has 2 amide bonds. The summed E-state index contributed by atoms with van der Waals surface area (Å²) in [7, 11) is 0. The molecule has 0 fully saturated rings. The van der Waals surface area contributed by atoms with E-state index >= 15 is 0 Å². The first-order valence-electron chi connectivity index (χ1n) is 8.11. The molecule has 0 aromatic heterocycles. The van der Waals surface area contributed by atoms with Gasteiger partial charge >= 0.3 is 0 Å². The van der Waals surface area contributed by atoms with Crippen LogP contribution in [0.1, 0.15) is 15.9 Å². The maximum absolute atomic E-state index is 12.8. The Balaban J connectivity index is 1.53. The first kappa shape index (κ1) is 17.4. The van der Waals surface area contributed by atoms with E-state index in [2.05, 4.69) is 10.9 Å². The van der Waals surface area contributed by atoms with Gasteiger partial charge in [0, 0.05) is 5.56 Å². The highest BCUT2D eigenvalue weighted by Gasteiger charge is 2.08. The van der Waals surface area contributed by atoms with Crippen LogP contribution in [-0.4, -0.2) is 11.8 Å². The molecule has 4 nitrogen and oxygen atoms in total. The summed E-state index contributed by atoms with van der Waals surface area (Å²) in [5.41, 5.74) is 7.94. The van der Waals surface area contributed by atoms with Gasteiger partial charge in [-0.1, -0.05) is 54.6 Å². The van der Waals surface area contributed by atoms with Crippen molar-refractivity contribution in [3.8, 4) is 11.1 Å². The zero-order chi connectivity index (χ0) is 18.4. The number of carbonyl (C=O) groups is 2. The first-order valence-corrected chi connectivity index (χ1v) is 8.11. The number of nitrogens with one attached hydrogen (secondary N) is 2. The Hall–Kier alpha value is -3.47. The lowest BCUT2D eigenvalue weighted by molar-refractivity contribution is -0.121. The molecule has 3 rings (SSSR count). The van der Waals surface area contributed by atoms with Crippen LogP contribution in [0.3, 0.4) is 0 Å². The molecule has 130 valence electrons. The Morgan fingerprint density at radius 2 is 1.35 bits per heavy atom. The second kappa shape index (κ2) is 8.07. The van der Waals surface area contributed by atoms with Crippen molar-refractivity contribution in [1.82, 2.24) is 10.9 Å². The third kappa shape index (κ3) is 4.54. The minimum atomic E-state index is -0.502. The summed E-state index contributed by atoms with van der Waals surface area (Å²) >= 11 is 0. The molecule has 0 atom stereocenters. The van der Waals surface area contributed by atoms with E-state index in [1.165, 1.54) is 24.3 Å². The van der Waals surface area contributed by atoms with Crippen molar-refractivity contribution < 1.29 is 14.0 Å². The largest absolute Gasteiger partial charge is 0.273 e. The topological polar surface area (TPSA) is 58.2 Å². The highest BCUT2D eigenvalue weighted by Crippen LogP contribution is 2.19. The summed E-state index contributed by atoms with van der Waals surface area (Å²) in [6.07, 6.45) is 0.138. The van der Waals surface area contributed by atoms with E-state index in [0.717, 1.165) is 16.7 Å². The second-order valence-corrected chi connectivity index (χ2v) is 5.75. The number of rotatable bonds is 4. The van der Waals surface area contributed by atoms with Gasteiger partial charge in [0.15, 0.2) is 0 Å². The van der Waals surface area contributed by atoms with Gasteiger partial charge < -0.3 is 0 Å². The lowest BCUT2D eigenvalue weighted by Gasteiger charge is -2.08. The molecule has 0 unspecified atom stereocenters. The molecular formula is C21H17FN2O2. The van der Waals surface area contributed by atoms with Gasteiger partial charge in [-0.2, -0.15) is 0 Å². The van der Waals surface area contributed by atoms with Crippen molar-refractivity contribution in [1.29, 1.82) is 0 Å². The smallest absolute Gasteiger partial charge is 0.269 e. The molecule has 0 aliphatic rings. The standard InChI is InChI=1S/C21H17FN2O2/c22-19-12-10-18(11-13-19)21(26)24-23-20(25)14-15-6-8-17(9-7-15)16-4-2-1-3-5-16/h1-13H,14H2,(H,23,25)(H,24,26). The molecule has 3 aromatic carbocycles. The average Bonchev–Trinajstić information content (AvgIpc) is 2.68. The van der Waals surface area contributed by atoms with Crippen LogP contribution in [0.2, 0.25) is 0 Å². The zero-order valence-electron chi connectivity index (χ0n) is 13.9. The average molecular weight is 348 g/mol. The molecule has 26 heavy (non-hydrogen) atoms. The molecule has 0 heterocycles. The number of hydrazine groups is 1. The Morgan fingerprint density at radius 3 is 2.00 bits per heavy atom. The fraction of sp³-hybridized carbons (Fsp3) is 0.0476. The van der Waals surface area contributed by atoms with Gasteiger partial charge in [-0.05, 0) is 41.0 Å². The summed E-state index contributed by atoms with van der Waals surface area (Å²) in [4.78, 5) is 23.8. The molecule has 0 aliphatic heterocycles. The second-order valence-electron chi connectivity index (χ2n) is 5.75. The van der Waals surface area contributed by atoms with Crippen molar-refractivity contribution in [2.24, 2.45) is 0 Å². The fourth-order valence-electron chi connectivity index (χ4n) is 2.48. The van der Waals surface area contributed by atoms with Crippen LogP contribution >= 0.6 is 0 Å². The number of hydrogen-bond acceptors (Lipinski definition) is 2. The van der Waals surface area contributed by atoms with Gasteiger partial charge in [0.1, 0.15) is 5.82 Å². The number of hydrogen-bond donors (Lipinski definition) is 2. The van der Waals surface area contributed by atoms with Crippen molar-refractivity contribution in [3.63, 3.8) is 0 Å². The highest BCUT2D eigenvalue weighted by molar-refractivity contribution is 5.95. The van der Waals surface area contributed by atoms with Gasteiger partial charge in [0.25, 0.3) is 5.91 Å². The van der Waals surface area contributed by atoms with Crippen LogP contribution in [-0.2, 0) is 11.2 Å². The van der Waals surface area contributed by atoms with Crippen molar-refractivity contribution in [2.75, 3.05) is 0 Å². The summed E-state index contributed by atoms with van der Waals surface area (Å²) in [5.74, 6) is -1.27. The maximum Gasteiger partial charge on any atom is 0.269 e. The minimum Gasteiger partial charge on any atom is -0.273 e. The Labute approximate surface area is 150 Å². The minimum absolute atomic E-state index is 0.138. The molecule has 0 saturated carbocycles. The van der Waals surface area contributed by atoms with Gasteiger partial charge in [-0.25, -0.2) is 4.39 Å². The summed E-state index contributed by atoms with van der Waals surface area (Å²) in [5, 5.41) is 0. The van der Waals surface area contributed by atoms with Crippen LogP contribution in [0.15, 0.2) is 78.9 Å². The van der Waals surface area contributed by atoms with E-state index in [4.69, 9.17) is 0 Å². The van der Waals surface area contributed by atoms with Crippen LogP contribution in [0.4, 0.5) is 4.39 Å². The van der Waals surface area contributed by atoms with Crippen molar-refractivity contribution in [3.05, 3.63) is 95.8 Å². The number of benzene rings is 3. The Bertz CT molecular complexity index is 892. The van der Waals surface area contributed by atoms with Gasteiger partial charge in [0.2, 0.25) is 5.91 Å². The quantitative estimate of drug-likeness (QED) is 0.709. The normalized spacial score (nSPS) is 10.2. The molecule has 0 spiro atoms. The van der Waals surface area contributed by atoms with Crippen LogP contribution in [0.5, 0.6) is 0 Å². The highest BCUT2D eigenvalue weighted by atomic mass is 19.1.